The Hall–Kier alpha value is -2.76. The molecular weight excluding hydrogens is 304 g/mol. The first-order chi connectivity index (χ1) is 11.6. The zero-order chi connectivity index (χ0) is 16.9. The van der Waals surface area contributed by atoms with Crippen molar-refractivity contribution in [1.29, 1.82) is 0 Å². The van der Waals surface area contributed by atoms with Crippen molar-refractivity contribution in [3.8, 4) is 5.75 Å². The van der Waals surface area contributed by atoms with Gasteiger partial charge in [-0.1, -0.05) is 0 Å². The van der Waals surface area contributed by atoms with Crippen molar-refractivity contribution in [2.45, 2.75) is 38.8 Å². The number of benzene rings is 1. The molecule has 1 fully saturated rings. The standard InChI is InChI=1S/C18H22N4O2/c1-12(2)24-16-8-5-13(6-9-16)20-15-7-10-17(19-11-15)22-18(23)21-14-3-4-14/h5-12,14,20H,3-4H2,1-2H3,(H2,19,21,22,23). The molecule has 0 spiro atoms. The summed E-state index contributed by atoms with van der Waals surface area (Å²) in [6.45, 7) is 4.00. The van der Waals surface area contributed by atoms with Crippen molar-refractivity contribution in [3.05, 3.63) is 42.6 Å². The average Bonchev–Trinajstić information content (AvgIpc) is 3.34. The van der Waals surface area contributed by atoms with Gasteiger partial charge in [0.15, 0.2) is 0 Å². The van der Waals surface area contributed by atoms with Gasteiger partial charge in [0.05, 0.1) is 18.0 Å². The van der Waals surface area contributed by atoms with Gasteiger partial charge in [-0.15, -0.1) is 0 Å². The number of hydrogen-bond donors (Lipinski definition) is 3. The van der Waals surface area contributed by atoms with Crippen LogP contribution in [0.15, 0.2) is 42.6 Å². The molecule has 0 saturated heterocycles. The first-order valence-electron chi connectivity index (χ1n) is 8.16. The largest absolute Gasteiger partial charge is 0.491 e. The van der Waals surface area contributed by atoms with E-state index in [0.29, 0.717) is 11.9 Å². The second-order valence-corrected chi connectivity index (χ2v) is 6.12. The summed E-state index contributed by atoms with van der Waals surface area (Å²) in [6, 6.07) is 11.5. The van der Waals surface area contributed by atoms with E-state index < -0.39 is 0 Å². The Balaban J connectivity index is 1.54. The van der Waals surface area contributed by atoms with Crippen LogP contribution >= 0.6 is 0 Å². The highest BCUT2D eigenvalue weighted by molar-refractivity contribution is 5.88. The van der Waals surface area contributed by atoms with Gasteiger partial charge in [0, 0.05) is 11.7 Å². The van der Waals surface area contributed by atoms with Gasteiger partial charge in [-0.3, -0.25) is 5.32 Å². The third kappa shape index (κ3) is 4.87. The summed E-state index contributed by atoms with van der Waals surface area (Å²) in [6.07, 6.45) is 3.96. The van der Waals surface area contributed by atoms with Gasteiger partial charge in [0.2, 0.25) is 0 Å². The highest BCUT2D eigenvalue weighted by Gasteiger charge is 2.23. The van der Waals surface area contributed by atoms with Crippen LogP contribution in [0.2, 0.25) is 0 Å². The lowest BCUT2D eigenvalue weighted by Gasteiger charge is -2.11. The maximum absolute atomic E-state index is 11.7. The molecule has 2 aromatic rings. The number of hydrogen-bond acceptors (Lipinski definition) is 4. The Kier molecular flexibility index (Phi) is 4.84. The van der Waals surface area contributed by atoms with E-state index in [2.05, 4.69) is 20.9 Å². The van der Waals surface area contributed by atoms with Gasteiger partial charge < -0.3 is 15.4 Å². The molecule has 0 unspecified atom stereocenters. The molecule has 3 rings (SSSR count). The highest BCUT2D eigenvalue weighted by atomic mass is 16.5. The van der Waals surface area contributed by atoms with E-state index in [1.165, 1.54) is 0 Å². The number of rotatable bonds is 6. The van der Waals surface area contributed by atoms with E-state index in [0.717, 1.165) is 30.0 Å². The van der Waals surface area contributed by atoms with E-state index in [-0.39, 0.29) is 12.1 Å². The first-order valence-corrected chi connectivity index (χ1v) is 8.16. The van der Waals surface area contributed by atoms with Gasteiger partial charge >= 0.3 is 6.03 Å². The lowest BCUT2D eigenvalue weighted by Crippen LogP contribution is -2.30. The molecule has 1 aromatic carbocycles. The van der Waals surface area contributed by atoms with Crippen molar-refractivity contribution >= 4 is 23.2 Å². The maximum atomic E-state index is 11.7. The summed E-state index contributed by atoms with van der Waals surface area (Å²) in [7, 11) is 0. The number of carbonyl (C=O) groups excluding carboxylic acids is 1. The quantitative estimate of drug-likeness (QED) is 0.752. The van der Waals surface area contributed by atoms with Gasteiger partial charge in [0.25, 0.3) is 0 Å². The number of amides is 2. The normalized spacial score (nSPS) is 13.5. The first kappa shape index (κ1) is 16.1. The van der Waals surface area contributed by atoms with Crippen molar-refractivity contribution in [2.75, 3.05) is 10.6 Å². The molecule has 1 saturated carbocycles. The summed E-state index contributed by atoms with van der Waals surface area (Å²) >= 11 is 0. The number of aromatic nitrogens is 1. The number of ether oxygens (including phenoxy) is 1. The number of nitrogens with one attached hydrogen (secondary N) is 3. The van der Waals surface area contributed by atoms with Crippen molar-refractivity contribution < 1.29 is 9.53 Å². The zero-order valence-corrected chi connectivity index (χ0v) is 13.9. The summed E-state index contributed by atoms with van der Waals surface area (Å²) in [4.78, 5) is 15.9. The van der Waals surface area contributed by atoms with Gasteiger partial charge in [-0.2, -0.15) is 0 Å². The second kappa shape index (κ2) is 7.21. The van der Waals surface area contributed by atoms with Crippen LogP contribution in [-0.2, 0) is 0 Å². The predicted octanol–water partition coefficient (Wildman–Crippen LogP) is 3.90. The molecule has 2 amide bonds. The van der Waals surface area contributed by atoms with E-state index in [4.69, 9.17) is 4.74 Å². The smallest absolute Gasteiger partial charge is 0.320 e. The summed E-state index contributed by atoms with van der Waals surface area (Å²) < 4.78 is 5.62. The molecule has 1 aliphatic carbocycles. The van der Waals surface area contributed by atoms with Crippen LogP contribution in [0.1, 0.15) is 26.7 Å². The van der Waals surface area contributed by atoms with Crippen LogP contribution in [0, 0.1) is 0 Å². The monoisotopic (exact) mass is 326 g/mol. The second-order valence-electron chi connectivity index (χ2n) is 6.12. The minimum Gasteiger partial charge on any atom is -0.491 e. The van der Waals surface area contributed by atoms with Crippen molar-refractivity contribution in [3.63, 3.8) is 0 Å². The molecule has 0 aliphatic heterocycles. The Labute approximate surface area is 141 Å². The number of urea groups is 1. The molecule has 1 aromatic heterocycles. The molecular formula is C18H22N4O2. The van der Waals surface area contributed by atoms with Crippen LogP contribution in [0.4, 0.5) is 22.0 Å². The molecule has 6 heteroatoms. The molecule has 3 N–H and O–H groups in total. The third-order valence-corrected chi connectivity index (χ3v) is 3.43. The van der Waals surface area contributed by atoms with E-state index >= 15 is 0 Å². The minimum absolute atomic E-state index is 0.158. The SMILES string of the molecule is CC(C)Oc1ccc(Nc2ccc(NC(=O)NC3CC3)nc2)cc1. The molecule has 6 nitrogen and oxygen atoms in total. The fourth-order valence-corrected chi connectivity index (χ4v) is 2.16. The lowest BCUT2D eigenvalue weighted by molar-refractivity contribution is 0.242. The minimum atomic E-state index is -0.202. The number of anilines is 3. The van der Waals surface area contributed by atoms with Crippen molar-refractivity contribution in [1.82, 2.24) is 10.3 Å². The van der Waals surface area contributed by atoms with Crippen LogP contribution in [0.3, 0.4) is 0 Å². The third-order valence-electron chi connectivity index (χ3n) is 3.43. The van der Waals surface area contributed by atoms with E-state index in [1.807, 2.05) is 44.2 Å². The van der Waals surface area contributed by atoms with Crippen LogP contribution in [-0.4, -0.2) is 23.2 Å². The van der Waals surface area contributed by atoms with Gasteiger partial charge in [-0.05, 0) is 63.1 Å². The topological polar surface area (TPSA) is 75.3 Å². The maximum Gasteiger partial charge on any atom is 0.320 e. The fourth-order valence-electron chi connectivity index (χ4n) is 2.16. The van der Waals surface area contributed by atoms with Crippen LogP contribution < -0.4 is 20.7 Å². The number of carbonyl (C=O) groups is 1. The summed E-state index contributed by atoms with van der Waals surface area (Å²) in [5.41, 5.74) is 1.79. The fraction of sp³-hybridized carbons (Fsp3) is 0.333. The Morgan fingerprint density at radius 2 is 1.83 bits per heavy atom. The molecule has 126 valence electrons. The molecule has 0 bridgehead atoms. The molecule has 0 radical (unpaired) electrons. The Bertz CT molecular complexity index is 679. The zero-order valence-electron chi connectivity index (χ0n) is 13.9. The molecule has 1 heterocycles. The summed E-state index contributed by atoms with van der Waals surface area (Å²) in [5, 5.41) is 8.84. The predicted molar refractivity (Wildman–Crippen MR) is 94.9 cm³/mol. The molecule has 24 heavy (non-hydrogen) atoms. The van der Waals surface area contributed by atoms with Gasteiger partial charge in [0.1, 0.15) is 11.6 Å². The van der Waals surface area contributed by atoms with Crippen molar-refractivity contribution in [2.24, 2.45) is 0 Å². The molecule has 0 atom stereocenters. The highest BCUT2D eigenvalue weighted by Crippen LogP contribution is 2.21. The number of pyridine rings is 1. The molecule has 1 aliphatic rings. The van der Waals surface area contributed by atoms with Gasteiger partial charge in [-0.25, -0.2) is 9.78 Å². The average molecular weight is 326 g/mol. The Morgan fingerprint density at radius 3 is 2.42 bits per heavy atom. The van der Waals surface area contributed by atoms with Crippen LogP contribution in [0.25, 0.3) is 0 Å². The van der Waals surface area contributed by atoms with E-state index in [9.17, 15) is 4.79 Å². The Morgan fingerprint density at radius 1 is 1.12 bits per heavy atom. The van der Waals surface area contributed by atoms with Crippen LogP contribution in [0.5, 0.6) is 5.75 Å². The number of nitrogens with zero attached hydrogens (tertiary/aromatic N) is 1. The van der Waals surface area contributed by atoms with E-state index in [1.54, 1.807) is 12.3 Å². The lowest BCUT2D eigenvalue weighted by atomic mass is 10.3. The summed E-state index contributed by atoms with van der Waals surface area (Å²) in [5.74, 6) is 1.37.